The predicted octanol–water partition coefficient (Wildman–Crippen LogP) is -0.887. The molecule has 16 heavy (non-hydrogen) atoms. The van der Waals surface area contributed by atoms with Gasteiger partial charge in [-0.25, -0.2) is 16.8 Å². The zero-order valence-corrected chi connectivity index (χ0v) is 10.9. The molecule has 0 amide bonds. The first-order valence-electron chi connectivity index (χ1n) is 4.37. The van der Waals surface area contributed by atoms with Crippen LogP contribution in [0.1, 0.15) is 13.3 Å². The van der Waals surface area contributed by atoms with E-state index in [4.69, 9.17) is 5.11 Å². The number of hydrogen-bond acceptors (Lipinski definition) is 5. The van der Waals surface area contributed by atoms with Crippen LogP contribution >= 0.6 is 0 Å². The average Bonchev–Trinajstić information content (AvgIpc) is 1.99. The Morgan fingerprint density at radius 1 is 1.31 bits per heavy atom. The second-order valence-corrected chi connectivity index (χ2v) is 7.97. The minimum Gasteiger partial charge on any atom is -0.480 e. The summed E-state index contributed by atoms with van der Waals surface area (Å²) in [7, 11) is -6.77. The topological polar surface area (TPSA) is 109 Å². The Balaban J connectivity index is 5.11. The van der Waals surface area contributed by atoms with Crippen LogP contribution in [-0.4, -0.2) is 56.6 Å². The third-order valence-electron chi connectivity index (χ3n) is 1.91. The van der Waals surface area contributed by atoms with Gasteiger partial charge in [-0.1, -0.05) is 6.92 Å². The lowest BCUT2D eigenvalue weighted by Gasteiger charge is -2.22. The van der Waals surface area contributed by atoms with Gasteiger partial charge in [0.2, 0.25) is 10.0 Å². The lowest BCUT2D eigenvalue weighted by atomic mass is 10.2. The molecule has 0 aliphatic rings. The van der Waals surface area contributed by atoms with E-state index in [0.717, 1.165) is 13.3 Å². The molecular formula is C7H15NO6S2. The van der Waals surface area contributed by atoms with Crippen molar-refractivity contribution in [1.82, 2.24) is 4.31 Å². The number of hydrogen-bond donors (Lipinski definition) is 1. The number of sulfone groups is 1. The number of likely N-dealkylation sites (N-methyl/N-ethyl adjacent to an activating group) is 1. The van der Waals surface area contributed by atoms with Gasteiger partial charge in [-0.2, -0.15) is 4.31 Å². The third kappa shape index (κ3) is 4.45. The second-order valence-electron chi connectivity index (χ2n) is 3.43. The maximum atomic E-state index is 11.5. The molecule has 7 nitrogen and oxygen atoms in total. The van der Waals surface area contributed by atoms with Crippen LogP contribution in [0, 0.1) is 0 Å². The molecule has 0 aliphatic heterocycles. The zero-order chi connectivity index (χ0) is 13.1. The first-order chi connectivity index (χ1) is 7.01. The third-order valence-corrected chi connectivity index (χ3v) is 5.95. The summed E-state index contributed by atoms with van der Waals surface area (Å²) in [6, 6.07) is -1.24. The molecular weight excluding hydrogens is 258 g/mol. The standard InChI is InChI=1S/C7H15NO6S2/c1-4-6(7(9)10)8(2)16(13,14)5-15(3,11)12/h6H,4-5H2,1-3H3,(H,9,10). The summed E-state index contributed by atoms with van der Waals surface area (Å²) < 4.78 is 45.4. The molecule has 0 spiro atoms. The number of aliphatic carboxylic acids is 1. The highest BCUT2D eigenvalue weighted by atomic mass is 32.3. The van der Waals surface area contributed by atoms with Gasteiger partial charge >= 0.3 is 5.97 Å². The van der Waals surface area contributed by atoms with E-state index in [2.05, 4.69) is 0 Å². The Hall–Kier alpha value is -0.670. The first-order valence-corrected chi connectivity index (χ1v) is 8.04. The summed E-state index contributed by atoms with van der Waals surface area (Å²) in [5, 5.41) is 7.67. The van der Waals surface area contributed by atoms with Gasteiger partial charge in [-0.3, -0.25) is 4.79 Å². The normalized spacial score (nSPS) is 15.0. The zero-order valence-electron chi connectivity index (χ0n) is 9.24. The largest absolute Gasteiger partial charge is 0.480 e. The van der Waals surface area contributed by atoms with Gasteiger partial charge in [-0.15, -0.1) is 0 Å². The van der Waals surface area contributed by atoms with Crippen molar-refractivity contribution in [3.05, 3.63) is 0 Å². The van der Waals surface area contributed by atoms with Crippen LogP contribution in [0.5, 0.6) is 0 Å². The highest BCUT2D eigenvalue weighted by molar-refractivity contribution is 8.06. The van der Waals surface area contributed by atoms with Crippen LogP contribution in [0.2, 0.25) is 0 Å². The van der Waals surface area contributed by atoms with Gasteiger partial charge in [0.15, 0.2) is 14.9 Å². The summed E-state index contributed by atoms with van der Waals surface area (Å²) >= 11 is 0. The maximum Gasteiger partial charge on any atom is 0.321 e. The van der Waals surface area contributed by atoms with Gasteiger partial charge in [0.25, 0.3) is 0 Å². The van der Waals surface area contributed by atoms with Crippen LogP contribution in [0.15, 0.2) is 0 Å². The lowest BCUT2D eigenvalue weighted by molar-refractivity contribution is -0.141. The van der Waals surface area contributed by atoms with E-state index in [1.54, 1.807) is 0 Å². The van der Waals surface area contributed by atoms with Crippen molar-refractivity contribution < 1.29 is 26.7 Å². The fraction of sp³-hybridized carbons (Fsp3) is 0.857. The van der Waals surface area contributed by atoms with E-state index in [-0.39, 0.29) is 6.42 Å². The maximum absolute atomic E-state index is 11.5. The van der Waals surface area contributed by atoms with E-state index in [1.165, 1.54) is 6.92 Å². The fourth-order valence-corrected chi connectivity index (χ4v) is 4.59. The van der Waals surface area contributed by atoms with Crippen LogP contribution in [0.25, 0.3) is 0 Å². The molecule has 0 fully saturated rings. The van der Waals surface area contributed by atoms with E-state index < -0.39 is 37.0 Å². The van der Waals surface area contributed by atoms with Gasteiger partial charge in [0, 0.05) is 13.3 Å². The Morgan fingerprint density at radius 3 is 2.00 bits per heavy atom. The molecule has 0 aromatic rings. The van der Waals surface area contributed by atoms with Crippen molar-refractivity contribution in [2.75, 3.05) is 18.4 Å². The molecule has 0 rings (SSSR count). The number of nitrogens with zero attached hydrogens (tertiary/aromatic N) is 1. The van der Waals surface area contributed by atoms with Crippen molar-refractivity contribution in [1.29, 1.82) is 0 Å². The lowest BCUT2D eigenvalue weighted by Crippen LogP contribution is -2.43. The summed E-state index contributed by atoms with van der Waals surface area (Å²) in [5.41, 5.74) is 0. The van der Waals surface area contributed by atoms with Crippen molar-refractivity contribution in [2.24, 2.45) is 0 Å². The highest BCUT2D eigenvalue weighted by Crippen LogP contribution is 2.10. The quantitative estimate of drug-likeness (QED) is 0.672. The number of carboxylic acids is 1. The highest BCUT2D eigenvalue weighted by Gasteiger charge is 2.32. The number of sulfonamides is 1. The summed E-state index contributed by atoms with van der Waals surface area (Å²) in [4.78, 5) is 10.7. The molecule has 0 radical (unpaired) electrons. The van der Waals surface area contributed by atoms with E-state index in [0.29, 0.717) is 4.31 Å². The molecule has 0 bridgehead atoms. The van der Waals surface area contributed by atoms with Crippen LogP contribution in [0.4, 0.5) is 0 Å². The molecule has 1 N–H and O–H groups in total. The van der Waals surface area contributed by atoms with Crippen molar-refractivity contribution in [3.63, 3.8) is 0 Å². The molecule has 0 saturated heterocycles. The summed E-state index contributed by atoms with van der Waals surface area (Å²) in [6.45, 7) is 1.51. The SMILES string of the molecule is CCC(C(=O)O)N(C)S(=O)(=O)CS(C)(=O)=O. The summed E-state index contributed by atoms with van der Waals surface area (Å²) in [6.07, 6.45) is 0.842. The Kier molecular flexibility index (Phi) is 4.89. The van der Waals surface area contributed by atoms with E-state index in [9.17, 15) is 21.6 Å². The molecule has 1 atom stereocenters. The van der Waals surface area contributed by atoms with Crippen LogP contribution in [0.3, 0.4) is 0 Å². The van der Waals surface area contributed by atoms with Crippen LogP contribution in [-0.2, 0) is 24.7 Å². The van der Waals surface area contributed by atoms with Gasteiger partial charge in [-0.05, 0) is 6.42 Å². The molecule has 1 unspecified atom stereocenters. The fourth-order valence-electron chi connectivity index (χ4n) is 1.13. The van der Waals surface area contributed by atoms with Crippen molar-refractivity contribution in [3.8, 4) is 0 Å². The number of carbonyl (C=O) groups is 1. The van der Waals surface area contributed by atoms with Crippen molar-refractivity contribution >= 4 is 25.8 Å². The summed E-state index contributed by atoms with van der Waals surface area (Å²) in [5.74, 6) is -1.30. The Morgan fingerprint density at radius 2 is 1.75 bits per heavy atom. The molecule has 0 saturated carbocycles. The van der Waals surface area contributed by atoms with Crippen LogP contribution < -0.4 is 0 Å². The average molecular weight is 273 g/mol. The minimum absolute atomic E-state index is 0.0643. The second kappa shape index (κ2) is 5.11. The molecule has 96 valence electrons. The smallest absolute Gasteiger partial charge is 0.321 e. The molecule has 0 aromatic heterocycles. The van der Waals surface area contributed by atoms with Gasteiger partial charge in [0.05, 0.1) is 0 Å². The van der Waals surface area contributed by atoms with Crippen molar-refractivity contribution in [2.45, 2.75) is 19.4 Å². The van der Waals surface area contributed by atoms with Gasteiger partial charge < -0.3 is 5.11 Å². The predicted molar refractivity (Wildman–Crippen MR) is 58.1 cm³/mol. The molecule has 9 heteroatoms. The van der Waals surface area contributed by atoms with E-state index in [1.807, 2.05) is 0 Å². The first kappa shape index (κ1) is 15.3. The monoisotopic (exact) mass is 273 g/mol. The molecule has 0 aliphatic carbocycles. The number of carboxylic acid groups (broad SMARTS) is 1. The molecule has 0 heterocycles. The number of rotatable bonds is 6. The Bertz CT molecular complexity index is 451. The minimum atomic E-state index is -4.11. The van der Waals surface area contributed by atoms with Gasteiger partial charge in [0.1, 0.15) is 6.04 Å². The van der Waals surface area contributed by atoms with E-state index >= 15 is 0 Å². The Labute approximate surface area is 95.0 Å². The molecule has 0 aromatic carbocycles.